The minimum Gasteiger partial charge on any atom is -0.497 e. The van der Waals surface area contributed by atoms with Crippen molar-refractivity contribution in [1.82, 2.24) is 9.71 Å². The van der Waals surface area contributed by atoms with E-state index in [9.17, 15) is 18.0 Å². The molecule has 222 valence electrons. The summed E-state index contributed by atoms with van der Waals surface area (Å²) < 4.78 is 45.6. The number of para-hydroxylation sites is 1. The number of sulfonamides is 1. The molecule has 2 heterocycles. The highest BCUT2D eigenvalue weighted by molar-refractivity contribution is 7.89. The van der Waals surface area contributed by atoms with Gasteiger partial charge < -0.3 is 18.9 Å². The third-order valence-electron chi connectivity index (χ3n) is 7.35. The Kier molecular flexibility index (Phi) is 7.77. The predicted octanol–water partition coefficient (Wildman–Crippen LogP) is 5.75. The summed E-state index contributed by atoms with van der Waals surface area (Å²) in [7, 11) is -2.51. The van der Waals surface area contributed by atoms with E-state index in [1.807, 2.05) is 43.3 Å². The van der Waals surface area contributed by atoms with Gasteiger partial charge in [0.05, 0.1) is 12.0 Å². The molecule has 0 aliphatic carbocycles. The number of ether oxygens (including phenoxy) is 2. The van der Waals surface area contributed by atoms with Crippen LogP contribution in [0.15, 0.2) is 117 Å². The second kappa shape index (κ2) is 11.8. The Hall–Kier alpha value is -5.19. The molecule has 9 nitrogen and oxygen atoms in total. The number of fused-ring (bicyclic) bond motifs is 2. The van der Waals surface area contributed by atoms with E-state index in [1.54, 1.807) is 49.7 Å². The van der Waals surface area contributed by atoms with Crippen molar-refractivity contribution in [2.24, 2.45) is 0 Å². The van der Waals surface area contributed by atoms with E-state index in [2.05, 4.69) is 9.71 Å². The molecule has 0 spiro atoms. The van der Waals surface area contributed by atoms with Crippen LogP contribution in [0.1, 0.15) is 11.1 Å². The van der Waals surface area contributed by atoms with E-state index < -0.39 is 27.7 Å². The van der Waals surface area contributed by atoms with Crippen LogP contribution < -0.4 is 19.8 Å². The van der Waals surface area contributed by atoms with E-state index in [1.165, 1.54) is 24.3 Å². The Balaban J connectivity index is 1.32. The van der Waals surface area contributed by atoms with Crippen LogP contribution >= 0.6 is 0 Å². The number of hydrogen-bond donors (Lipinski definition) is 2. The molecular weight excluding hydrogens is 580 g/mol. The van der Waals surface area contributed by atoms with Crippen LogP contribution in [-0.2, 0) is 21.2 Å². The van der Waals surface area contributed by atoms with Crippen molar-refractivity contribution in [3.8, 4) is 22.6 Å². The van der Waals surface area contributed by atoms with Gasteiger partial charge in [-0.3, -0.25) is 0 Å². The van der Waals surface area contributed by atoms with Gasteiger partial charge in [0.25, 0.3) is 0 Å². The highest BCUT2D eigenvalue weighted by Gasteiger charge is 2.29. The van der Waals surface area contributed by atoms with Crippen LogP contribution in [0.2, 0.25) is 0 Å². The summed E-state index contributed by atoms with van der Waals surface area (Å²) >= 11 is 0. The number of carbonyl (C=O) groups is 1. The number of carbonyl (C=O) groups excluding carboxylic acids is 1. The first kappa shape index (κ1) is 28.9. The van der Waals surface area contributed by atoms with Gasteiger partial charge in [0.1, 0.15) is 23.1 Å². The van der Waals surface area contributed by atoms with Crippen molar-refractivity contribution >= 4 is 37.9 Å². The van der Waals surface area contributed by atoms with Crippen molar-refractivity contribution in [2.75, 3.05) is 7.11 Å². The third-order valence-corrected chi connectivity index (χ3v) is 8.84. The SMILES string of the molecule is COc1ccc(-c2cc(=O)oc3cc(OC(=O)C(Cc4c[nH]c5ccccc45)NS(=O)(=O)c4ccc(C)cc4)ccc23)cc1. The maximum absolute atomic E-state index is 13.6. The fraction of sp³-hybridized carbons (Fsp3) is 0.118. The lowest BCUT2D eigenvalue weighted by molar-refractivity contribution is -0.136. The summed E-state index contributed by atoms with van der Waals surface area (Å²) in [6.45, 7) is 1.85. The van der Waals surface area contributed by atoms with E-state index in [0.717, 1.165) is 27.6 Å². The molecular formula is C34H28N2O7S. The van der Waals surface area contributed by atoms with Gasteiger partial charge >= 0.3 is 11.6 Å². The highest BCUT2D eigenvalue weighted by atomic mass is 32.2. The van der Waals surface area contributed by atoms with Gasteiger partial charge in [-0.25, -0.2) is 18.0 Å². The monoisotopic (exact) mass is 608 g/mol. The summed E-state index contributed by atoms with van der Waals surface area (Å²) in [5, 5.41) is 1.49. The number of aromatic amines is 1. The van der Waals surface area contributed by atoms with Gasteiger partial charge in [0.2, 0.25) is 10.0 Å². The summed E-state index contributed by atoms with van der Waals surface area (Å²) in [6, 6.07) is 25.9. The van der Waals surface area contributed by atoms with Crippen LogP contribution in [0.4, 0.5) is 0 Å². The molecule has 2 aromatic heterocycles. The standard InChI is InChI=1S/C34H28N2O7S/c1-21-7-14-26(15-8-21)44(39,40)36-31(17-23-20-35-30-6-4-3-5-27(23)30)34(38)42-25-13-16-28-29(19-33(37)43-32(28)18-25)22-9-11-24(41-2)12-10-22/h3-16,18-20,31,35-36H,17H2,1-2H3. The molecule has 1 atom stereocenters. The van der Waals surface area contributed by atoms with Crippen molar-refractivity contribution in [1.29, 1.82) is 0 Å². The maximum atomic E-state index is 13.6. The average molecular weight is 609 g/mol. The van der Waals surface area contributed by atoms with E-state index >= 15 is 0 Å². The minimum absolute atomic E-state index is 0.0260. The van der Waals surface area contributed by atoms with Crippen molar-refractivity contribution in [3.63, 3.8) is 0 Å². The number of aryl methyl sites for hydroxylation is 1. The Labute approximate surface area is 253 Å². The van der Waals surface area contributed by atoms with Crippen molar-refractivity contribution in [3.05, 3.63) is 125 Å². The zero-order chi connectivity index (χ0) is 30.8. The molecule has 1 unspecified atom stereocenters. The number of esters is 1. The number of nitrogens with one attached hydrogen (secondary N) is 2. The molecule has 0 aliphatic heterocycles. The minimum atomic E-state index is -4.08. The Morgan fingerprint density at radius 2 is 1.64 bits per heavy atom. The van der Waals surface area contributed by atoms with Gasteiger partial charge in [-0.15, -0.1) is 0 Å². The van der Waals surface area contributed by atoms with Gasteiger partial charge in [-0.2, -0.15) is 4.72 Å². The number of aromatic nitrogens is 1. The second-order valence-electron chi connectivity index (χ2n) is 10.3. The number of H-pyrrole nitrogens is 1. The first-order valence-corrected chi connectivity index (χ1v) is 15.3. The molecule has 0 amide bonds. The lowest BCUT2D eigenvalue weighted by Crippen LogP contribution is -2.44. The van der Waals surface area contributed by atoms with E-state index in [0.29, 0.717) is 16.7 Å². The molecule has 44 heavy (non-hydrogen) atoms. The number of methoxy groups -OCH3 is 1. The molecule has 0 aliphatic rings. The molecule has 6 aromatic rings. The van der Waals surface area contributed by atoms with Crippen LogP contribution in [0.5, 0.6) is 11.5 Å². The predicted molar refractivity (Wildman–Crippen MR) is 167 cm³/mol. The molecule has 0 saturated carbocycles. The molecule has 0 fully saturated rings. The summed E-state index contributed by atoms with van der Waals surface area (Å²) in [5.41, 5.74) is 3.54. The average Bonchev–Trinajstić information content (AvgIpc) is 3.43. The zero-order valence-corrected chi connectivity index (χ0v) is 24.7. The van der Waals surface area contributed by atoms with Crippen molar-refractivity contribution < 1.29 is 27.1 Å². The van der Waals surface area contributed by atoms with Gasteiger partial charge in [0.15, 0.2) is 0 Å². The lowest BCUT2D eigenvalue weighted by atomic mass is 10.0. The first-order valence-electron chi connectivity index (χ1n) is 13.8. The normalized spacial score (nSPS) is 12.3. The number of hydrogen-bond acceptors (Lipinski definition) is 7. The van der Waals surface area contributed by atoms with E-state index in [-0.39, 0.29) is 22.6 Å². The first-order chi connectivity index (χ1) is 21.2. The molecule has 0 saturated heterocycles. The molecule has 0 bridgehead atoms. The quantitative estimate of drug-likeness (QED) is 0.121. The zero-order valence-electron chi connectivity index (χ0n) is 23.9. The maximum Gasteiger partial charge on any atom is 0.336 e. The van der Waals surface area contributed by atoms with Gasteiger partial charge in [0, 0.05) is 41.0 Å². The Morgan fingerprint density at radius 3 is 2.39 bits per heavy atom. The fourth-order valence-electron chi connectivity index (χ4n) is 5.07. The van der Waals surface area contributed by atoms with Gasteiger partial charge in [-0.1, -0.05) is 48.0 Å². The smallest absolute Gasteiger partial charge is 0.336 e. The number of rotatable bonds is 9. The second-order valence-corrected chi connectivity index (χ2v) is 12.1. The van der Waals surface area contributed by atoms with Crippen LogP contribution in [0, 0.1) is 6.92 Å². The highest BCUT2D eigenvalue weighted by Crippen LogP contribution is 2.31. The summed E-state index contributed by atoms with van der Waals surface area (Å²) in [6.07, 6.45) is 1.77. The lowest BCUT2D eigenvalue weighted by Gasteiger charge is -2.18. The van der Waals surface area contributed by atoms with Gasteiger partial charge in [-0.05, 0) is 66.1 Å². The van der Waals surface area contributed by atoms with E-state index in [4.69, 9.17) is 13.9 Å². The summed E-state index contributed by atoms with van der Waals surface area (Å²) in [4.78, 5) is 29.3. The largest absolute Gasteiger partial charge is 0.497 e. The Bertz CT molecular complexity index is 2150. The molecule has 0 radical (unpaired) electrons. The summed E-state index contributed by atoms with van der Waals surface area (Å²) in [5.74, 6) is -0.0506. The molecule has 10 heteroatoms. The molecule has 4 aromatic carbocycles. The topological polar surface area (TPSA) is 128 Å². The number of benzene rings is 4. The van der Waals surface area contributed by atoms with Crippen LogP contribution in [-0.4, -0.2) is 32.5 Å². The molecule has 6 rings (SSSR count). The molecule has 2 N–H and O–H groups in total. The third kappa shape index (κ3) is 5.98. The van der Waals surface area contributed by atoms with Crippen LogP contribution in [0.25, 0.3) is 33.0 Å². The Morgan fingerprint density at radius 1 is 0.909 bits per heavy atom. The van der Waals surface area contributed by atoms with Crippen molar-refractivity contribution in [2.45, 2.75) is 24.3 Å². The fourth-order valence-corrected chi connectivity index (χ4v) is 6.25. The van der Waals surface area contributed by atoms with Crippen LogP contribution in [0.3, 0.4) is 0 Å².